The average molecular weight is 397 g/mol. The summed E-state index contributed by atoms with van der Waals surface area (Å²) in [5, 5.41) is 17.0. The van der Waals surface area contributed by atoms with Crippen LogP contribution < -0.4 is 10.2 Å². The Morgan fingerprint density at radius 2 is 2.12 bits per heavy atom. The Bertz CT molecular complexity index is 933. The number of aromatic nitrogens is 3. The Kier molecular flexibility index (Phi) is 4.38. The first-order valence-corrected chi connectivity index (χ1v) is 9.04. The molecule has 25 heavy (non-hydrogen) atoms. The van der Waals surface area contributed by atoms with Crippen molar-refractivity contribution < 1.29 is 0 Å². The van der Waals surface area contributed by atoms with Gasteiger partial charge in [-0.2, -0.15) is 10.4 Å². The molecule has 0 aromatic carbocycles. The van der Waals surface area contributed by atoms with E-state index in [-0.39, 0.29) is 0 Å². The van der Waals surface area contributed by atoms with Crippen molar-refractivity contribution in [2.45, 2.75) is 6.42 Å². The van der Waals surface area contributed by atoms with Gasteiger partial charge >= 0.3 is 0 Å². The van der Waals surface area contributed by atoms with Gasteiger partial charge in [-0.15, -0.1) is 0 Å². The van der Waals surface area contributed by atoms with E-state index in [1.165, 1.54) is 0 Å². The Labute approximate surface area is 154 Å². The summed E-state index contributed by atoms with van der Waals surface area (Å²) >= 11 is 3.52. The Morgan fingerprint density at radius 3 is 2.92 bits per heavy atom. The summed E-state index contributed by atoms with van der Waals surface area (Å²) in [4.78, 5) is 6.97. The van der Waals surface area contributed by atoms with Gasteiger partial charge in [-0.25, -0.2) is 9.50 Å². The highest BCUT2D eigenvalue weighted by molar-refractivity contribution is 9.10. The molecule has 7 heteroatoms. The molecule has 0 saturated carbocycles. The van der Waals surface area contributed by atoms with E-state index in [2.05, 4.69) is 54.4 Å². The normalized spacial score (nSPS) is 15.1. The van der Waals surface area contributed by atoms with Crippen molar-refractivity contribution in [2.24, 2.45) is 0 Å². The molecule has 6 nitrogen and oxygen atoms in total. The SMILES string of the molecule is N#Cc1cnn2cc(Br)cc(-c3ccc(N4CCCNCC4)nc3)c12. The van der Waals surface area contributed by atoms with Gasteiger partial charge in [0, 0.05) is 47.6 Å². The number of halogens is 1. The second kappa shape index (κ2) is 6.82. The molecule has 0 atom stereocenters. The maximum atomic E-state index is 9.36. The van der Waals surface area contributed by atoms with Crippen LogP contribution in [0.5, 0.6) is 0 Å². The Morgan fingerprint density at radius 1 is 1.20 bits per heavy atom. The Hall–Kier alpha value is -2.43. The lowest BCUT2D eigenvalue weighted by Gasteiger charge is -2.21. The van der Waals surface area contributed by atoms with E-state index >= 15 is 0 Å². The van der Waals surface area contributed by atoms with Crippen LogP contribution >= 0.6 is 15.9 Å². The number of hydrogen-bond donors (Lipinski definition) is 1. The molecule has 3 aromatic rings. The number of nitriles is 1. The Balaban J connectivity index is 1.74. The van der Waals surface area contributed by atoms with Gasteiger partial charge in [0.25, 0.3) is 0 Å². The molecule has 4 rings (SSSR count). The van der Waals surface area contributed by atoms with Crippen LogP contribution in [0.2, 0.25) is 0 Å². The van der Waals surface area contributed by atoms with Crippen molar-refractivity contribution in [3.05, 3.63) is 46.8 Å². The molecule has 1 N–H and O–H groups in total. The highest BCUT2D eigenvalue weighted by atomic mass is 79.9. The largest absolute Gasteiger partial charge is 0.355 e. The van der Waals surface area contributed by atoms with Crippen molar-refractivity contribution in [2.75, 3.05) is 31.1 Å². The zero-order chi connectivity index (χ0) is 17.2. The van der Waals surface area contributed by atoms with Crippen LogP contribution in [0.25, 0.3) is 16.6 Å². The summed E-state index contributed by atoms with van der Waals surface area (Å²) in [5.74, 6) is 0.993. The fourth-order valence-corrected chi connectivity index (χ4v) is 3.62. The predicted molar refractivity (Wildman–Crippen MR) is 101 cm³/mol. The van der Waals surface area contributed by atoms with E-state index in [1.54, 1.807) is 10.7 Å². The molecule has 1 aliphatic heterocycles. The third-order valence-corrected chi connectivity index (χ3v) is 4.86. The maximum Gasteiger partial charge on any atom is 0.128 e. The monoisotopic (exact) mass is 396 g/mol. The molecular weight excluding hydrogens is 380 g/mol. The van der Waals surface area contributed by atoms with Gasteiger partial charge < -0.3 is 10.2 Å². The van der Waals surface area contributed by atoms with Gasteiger partial charge in [-0.05, 0) is 47.1 Å². The maximum absolute atomic E-state index is 9.36. The summed E-state index contributed by atoms with van der Waals surface area (Å²) in [6.07, 6.45) is 6.45. The first kappa shape index (κ1) is 16.1. The minimum absolute atomic E-state index is 0.560. The molecule has 1 aliphatic rings. The second-order valence-corrected chi connectivity index (χ2v) is 6.95. The van der Waals surface area contributed by atoms with Crippen LogP contribution in [0.4, 0.5) is 5.82 Å². The van der Waals surface area contributed by atoms with E-state index in [0.29, 0.717) is 5.56 Å². The molecule has 0 spiro atoms. The van der Waals surface area contributed by atoms with E-state index < -0.39 is 0 Å². The molecule has 3 aromatic heterocycles. The quantitative estimate of drug-likeness (QED) is 0.720. The van der Waals surface area contributed by atoms with Gasteiger partial charge in [0.05, 0.1) is 17.3 Å². The molecule has 4 heterocycles. The van der Waals surface area contributed by atoms with Crippen molar-refractivity contribution in [3.8, 4) is 17.2 Å². The summed E-state index contributed by atoms with van der Waals surface area (Å²) in [5.41, 5.74) is 3.28. The third-order valence-electron chi connectivity index (χ3n) is 4.42. The van der Waals surface area contributed by atoms with Crippen molar-refractivity contribution in [1.29, 1.82) is 5.26 Å². The molecule has 1 fully saturated rings. The molecular formula is C18H17BrN6. The van der Waals surface area contributed by atoms with E-state index in [1.807, 2.05) is 18.5 Å². The highest BCUT2D eigenvalue weighted by Gasteiger charge is 2.14. The van der Waals surface area contributed by atoms with Crippen LogP contribution in [0, 0.1) is 11.3 Å². The fourth-order valence-electron chi connectivity index (χ4n) is 3.20. The number of nitrogens with one attached hydrogen (secondary N) is 1. The van der Waals surface area contributed by atoms with Gasteiger partial charge in [0.1, 0.15) is 11.9 Å². The van der Waals surface area contributed by atoms with E-state index in [9.17, 15) is 5.26 Å². The number of fused-ring (bicyclic) bond motifs is 1. The van der Waals surface area contributed by atoms with Crippen LogP contribution in [-0.2, 0) is 0 Å². The number of hydrogen-bond acceptors (Lipinski definition) is 5. The minimum Gasteiger partial charge on any atom is -0.355 e. The van der Waals surface area contributed by atoms with Crippen molar-refractivity contribution in [3.63, 3.8) is 0 Å². The van der Waals surface area contributed by atoms with Crippen LogP contribution in [0.1, 0.15) is 12.0 Å². The van der Waals surface area contributed by atoms with Crippen LogP contribution in [0.15, 0.2) is 41.3 Å². The standard InChI is InChI=1S/C18H17BrN6/c19-15-8-16(18-14(9-20)11-23-25(18)12-15)13-2-3-17(22-10-13)24-6-1-4-21-5-7-24/h2-3,8,10-12,21H,1,4-7H2. The first-order chi connectivity index (χ1) is 12.3. The average Bonchev–Trinajstić information content (AvgIpc) is 2.86. The number of anilines is 1. The smallest absolute Gasteiger partial charge is 0.128 e. The zero-order valence-corrected chi connectivity index (χ0v) is 15.2. The molecule has 0 unspecified atom stereocenters. The second-order valence-electron chi connectivity index (χ2n) is 6.03. The summed E-state index contributed by atoms with van der Waals surface area (Å²) in [6, 6.07) is 8.34. The molecule has 1 saturated heterocycles. The van der Waals surface area contributed by atoms with Crippen molar-refractivity contribution >= 4 is 27.3 Å². The summed E-state index contributed by atoms with van der Waals surface area (Å²) < 4.78 is 2.64. The molecule has 0 aliphatic carbocycles. The highest BCUT2D eigenvalue weighted by Crippen LogP contribution is 2.30. The zero-order valence-electron chi connectivity index (χ0n) is 13.6. The van der Waals surface area contributed by atoms with E-state index in [4.69, 9.17) is 0 Å². The third kappa shape index (κ3) is 3.11. The minimum atomic E-state index is 0.560. The van der Waals surface area contributed by atoms with Gasteiger partial charge in [0.2, 0.25) is 0 Å². The van der Waals surface area contributed by atoms with Crippen molar-refractivity contribution in [1.82, 2.24) is 19.9 Å². The number of pyridine rings is 2. The van der Waals surface area contributed by atoms with E-state index in [0.717, 1.165) is 59.5 Å². The van der Waals surface area contributed by atoms with Crippen LogP contribution in [0.3, 0.4) is 0 Å². The lowest BCUT2D eigenvalue weighted by molar-refractivity contribution is 0.724. The number of rotatable bonds is 2. The lowest BCUT2D eigenvalue weighted by atomic mass is 10.1. The lowest BCUT2D eigenvalue weighted by Crippen LogP contribution is -2.28. The predicted octanol–water partition coefficient (Wildman–Crippen LogP) is 2.83. The first-order valence-electron chi connectivity index (χ1n) is 8.25. The van der Waals surface area contributed by atoms with Gasteiger partial charge in [0.15, 0.2) is 0 Å². The van der Waals surface area contributed by atoms with Gasteiger partial charge in [-0.1, -0.05) is 0 Å². The van der Waals surface area contributed by atoms with Gasteiger partial charge in [-0.3, -0.25) is 0 Å². The van der Waals surface area contributed by atoms with Crippen LogP contribution in [-0.4, -0.2) is 40.8 Å². The molecule has 126 valence electrons. The number of nitrogens with zero attached hydrogens (tertiary/aromatic N) is 5. The molecule has 0 radical (unpaired) electrons. The fraction of sp³-hybridized carbons (Fsp3) is 0.278. The topological polar surface area (TPSA) is 69.2 Å². The molecule has 0 bridgehead atoms. The molecule has 0 amide bonds. The summed E-state index contributed by atoms with van der Waals surface area (Å²) in [7, 11) is 0. The summed E-state index contributed by atoms with van der Waals surface area (Å²) in [6.45, 7) is 4.02.